The molecule has 0 atom stereocenters. The van der Waals surface area contributed by atoms with Crippen LogP contribution in [0.25, 0.3) is 0 Å². The van der Waals surface area contributed by atoms with E-state index in [9.17, 15) is 22.4 Å². The van der Waals surface area contributed by atoms with Crippen LogP contribution in [0.2, 0.25) is 0 Å². The highest BCUT2D eigenvalue weighted by Crippen LogP contribution is 2.19. The fourth-order valence-corrected chi connectivity index (χ4v) is 0.632. The molecule has 0 aromatic carbocycles. The summed E-state index contributed by atoms with van der Waals surface area (Å²) in [7, 11) is 0.754. The minimum absolute atomic E-state index is 0.304. The summed E-state index contributed by atoms with van der Waals surface area (Å²) in [6.45, 7) is 0. The predicted octanol–water partition coefficient (Wildman–Crippen LogP) is 1.34. The largest absolute Gasteiger partial charge is 0.295 e. The second-order valence-electron chi connectivity index (χ2n) is 2.18. The van der Waals surface area contributed by atoms with Gasteiger partial charge in [-0.1, -0.05) is 22.4 Å². The monoisotopic (exact) mass is 230 g/mol. The highest BCUT2D eigenvalue weighted by molar-refractivity contribution is 5.40. The Morgan fingerprint density at radius 1 is 0.733 bits per heavy atom. The summed E-state index contributed by atoms with van der Waals surface area (Å²) in [5.74, 6) is -3.74. The van der Waals surface area contributed by atoms with Gasteiger partial charge in [-0.3, -0.25) is 0 Å². The molecule has 1 heterocycles. The fourth-order valence-electron chi connectivity index (χ4n) is 0.632. The fraction of sp³-hybridized carbons (Fsp3) is 0.250. The van der Waals surface area contributed by atoms with Gasteiger partial charge in [-0.15, -0.1) is 0 Å². The lowest BCUT2D eigenvalue weighted by molar-refractivity contribution is 0.217. The standard InChI is InChI=1S/C4H3F5N6/c1-13(5)2-10-3(14(6)7)12-4(11-2)15(8)9/h1H3. The summed E-state index contributed by atoms with van der Waals surface area (Å²) >= 11 is 0. The van der Waals surface area contributed by atoms with Crippen molar-refractivity contribution in [1.82, 2.24) is 15.0 Å². The van der Waals surface area contributed by atoms with E-state index in [1.54, 1.807) is 0 Å². The first-order valence-electron chi connectivity index (χ1n) is 3.30. The maximum absolute atomic E-state index is 12.5. The van der Waals surface area contributed by atoms with Crippen molar-refractivity contribution in [3.05, 3.63) is 0 Å². The molecule has 0 fully saturated rings. The number of halogens is 5. The molecule has 11 heteroatoms. The van der Waals surface area contributed by atoms with E-state index in [1.165, 1.54) is 0 Å². The Bertz CT molecular complexity index is 278. The lowest BCUT2D eigenvalue weighted by Crippen LogP contribution is -2.15. The number of aromatic nitrogens is 3. The van der Waals surface area contributed by atoms with Crippen LogP contribution in [0.1, 0.15) is 0 Å². The van der Waals surface area contributed by atoms with Crippen LogP contribution in [0.3, 0.4) is 0 Å². The maximum atomic E-state index is 12.5. The SMILES string of the molecule is CN(F)c1nc(N(F)F)nc(N(F)F)n1. The first kappa shape index (κ1) is 11.1. The van der Waals surface area contributed by atoms with E-state index in [0.29, 0.717) is 0 Å². The number of nitrogens with zero attached hydrogens (tertiary/aromatic N) is 6. The third-order valence-electron chi connectivity index (χ3n) is 1.18. The second-order valence-corrected chi connectivity index (χ2v) is 2.18. The minimum Gasteiger partial charge on any atom is -0.179 e. The van der Waals surface area contributed by atoms with E-state index in [4.69, 9.17) is 0 Å². The van der Waals surface area contributed by atoms with Crippen LogP contribution in [0, 0.1) is 0 Å². The maximum Gasteiger partial charge on any atom is 0.295 e. The minimum atomic E-state index is -1.64. The molecule has 0 unspecified atom stereocenters. The lowest BCUT2D eigenvalue weighted by atomic mass is 10.8. The Morgan fingerprint density at radius 2 is 1.07 bits per heavy atom. The van der Waals surface area contributed by atoms with Crippen LogP contribution in [0.4, 0.5) is 40.3 Å². The quantitative estimate of drug-likeness (QED) is 0.576. The van der Waals surface area contributed by atoms with Crippen molar-refractivity contribution in [1.29, 1.82) is 0 Å². The molecule has 84 valence electrons. The van der Waals surface area contributed by atoms with Gasteiger partial charge in [-0.25, -0.2) is 0 Å². The molecule has 6 nitrogen and oxygen atoms in total. The average Bonchev–Trinajstić information content (AvgIpc) is 2.16. The molecule has 0 radical (unpaired) electrons. The Morgan fingerprint density at radius 3 is 1.33 bits per heavy atom. The summed E-state index contributed by atoms with van der Waals surface area (Å²) in [6, 6.07) is 0. The topological polar surface area (TPSA) is 48.4 Å². The first-order valence-corrected chi connectivity index (χ1v) is 3.30. The summed E-state index contributed by atoms with van der Waals surface area (Å²) in [5.41, 5.74) is 0. The molecule has 1 aromatic heterocycles. The average molecular weight is 230 g/mol. The van der Waals surface area contributed by atoms with Crippen LogP contribution in [-0.4, -0.2) is 22.0 Å². The summed E-state index contributed by atoms with van der Waals surface area (Å²) in [5, 5.41) is -3.58. The lowest BCUT2D eigenvalue weighted by Gasteiger charge is -2.08. The van der Waals surface area contributed by atoms with Crippen LogP contribution >= 0.6 is 0 Å². The van der Waals surface area contributed by atoms with Crippen molar-refractivity contribution in [2.45, 2.75) is 0 Å². The molecule has 1 rings (SSSR count). The molecule has 0 saturated heterocycles. The Hall–Kier alpha value is -1.94. The molecule has 1 aromatic rings. The van der Waals surface area contributed by atoms with E-state index in [0.717, 1.165) is 7.05 Å². The van der Waals surface area contributed by atoms with E-state index in [2.05, 4.69) is 15.0 Å². The number of anilines is 3. The van der Waals surface area contributed by atoms with Crippen molar-refractivity contribution >= 4 is 17.8 Å². The van der Waals surface area contributed by atoms with Gasteiger partial charge in [0.2, 0.25) is 0 Å². The molecular formula is C4H3F5N6. The molecule has 0 bridgehead atoms. The third-order valence-corrected chi connectivity index (χ3v) is 1.18. The smallest absolute Gasteiger partial charge is 0.179 e. The van der Waals surface area contributed by atoms with Gasteiger partial charge in [0.15, 0.2) is 0 Å². The van der Waals surface area contributed by atoms with Gasteiger partial charge in [0.1, 0.15) is 0 Å². The Kier molecular flexibility index (Phi) is 3.01. The summed E-state index contributed by atoms with van der Waals surface area (Å²) in [6.07, 6.45) is 0. The van der Waals surface area contributed by atoms with Gasteiger partial charge in [0, 0.05) is 7.05 Å². The van der Waals surface area contributed by atoms with Crippen LogP contribution in [-0.2, 0) is 0 Å². The summed E-state index contributed by atoms with van der Waals surface area (Å²) in [4.78, 5) is 8.37. The summed E-state index contributed by atoms with van der Waals surface area (Å²) < 4.78 is 60.2. The normalized spacial score (nSPS) is 10.0. The van der Waals surface area contributed by atoms with E-state index < -0.39 is 28.5 Å². The zero-order valence-electron chi connectivity index (χ0n) is 7.07. The molecule has 0 spiro atoms. The molecule has 15 heavy (non-hydrogen) atoms. The number of rotatable bonds is 3. The highest BCUT2D eigenvalue weighted by Gasteiger charge is 2.18. The van der Waals surface area contributed by atoms with Crippen molar-refractivity contribution in [3.8, 4) is 0 Å². The van der Waals surface area contributed by atoms with E-state index in [-0.39, 0.29) is 5.12 Å². The van der Waals surface area contributed by atoms with Gasteiger partial charge in [0.25, 0.3) is 17.8 Å². The molecule has 0 N–H and O–H groups in total. The van der Waals surface area contributed by atoms with Gasteiger partial charge in [-0.05, 0) is 10.7 Å². The zero-order chi connectivity index (χ0) is 11.6. The second kappa shape index (κ2) is 4.06. The first-order chi connectivity index (χ1) is 6.91. The molecule has 0 aliphatic carbocycles. The Labute approximate surface area is 79.2 Å². The van der Waals surface area contributed by atoms with Crippen molar-refractivity contribution in [2.24, 2.45) is 0 Å². The van der Waals surface area contributed by atoms with Gasteiger partial charge in [-0.2, -0.15) is 20.1 Å². The molecular weight excluding hydrogens is 227 g/mol. The number of hydrogen-bond acceptors (Lipinski definition) is 6. The predicted molar refractivity (Wildman–Crippen MR) is 38.7 cm³/mol. The molecule has 0 aliphatic rings. The highest BCUT2D eigenvalue weighted by atomic mass is 19.4. The zero-order valence-corrected chi connectivity index (χ0v) is 7.07. The van der Waals surface area contributed by atoms with Crippen LogP contribution in [0.15, 0.2) is 0 Å². The van der Waals surface area contributed by atoms with Gasteiger partial charge >= 0.3 is 0 Å². The van der Waals surface area contributed by atoms with Crippen molar-refractivity contribution in [2.75, 3.05) is 22.9 Å². The van der Waals surface area contributed by atoms with Crippen LogP contribution < -0.4 is 15.8 Å². The van der Waals surface area contributed by atoms with E-state index >= 15 is 0 Å². The third kappa shape index (κ3) is 2.51. The number of hydrogen-bond donors (Lipinski definition) is 0. The Balaban J connectivity index is 3.20. The molecule has 0 amide bonds. The van der Waals surface area contributed by atoms with Crippen molar-refractivity contribution in [3.63, 3.8) is 0 Å². The van der Waals surface area contributed by atoms with Gasteiger partial charge in [0.05, 0.1) is 0 Å². The molecule has 0 aliphatic heterocycles. The van der Waals surface area contributed by atoms with Crippen LogP contribution in [0.5, 0.6) is 0 Å². The van der Waals surface area contributed by atoms with E-state index in [1.807, 2.05) is 0 Å². The molecule has 0 saturated carbocycles. The van der Waals surface area contributed by atoms with Gasteiger partial charge < -0.3 is 0 Å². The van der Waals surface area contributed by atoms with Crippen molar-refractivity contribution < 1.29 is 22.4 Å².